The highest BCUT2D eigenvalue weighted by Gasteiger charge is 2.19. The van der Waals surface area contributed by atoms with Crippen LogP contribution in [0.1, 0.15) is 21.6 Å². The van der Waals surface area contributed by atoms with Crippen LogP contribution in [0.3, 0.4) is 0 Å². The summed E-state index contributed by atoms with van der Waals surface area (Å²) < 4.78 is 5.36. The predicted molar refractivity (Wildman–Crippen MR) is 71.6 cm³/mol. The van der Waals surface area contributed by atoms with Crippen LogP contribution < -0.4 is 4.74 Å². The summed E-state index contributed by atoms with van der Waals surface area (Å²) in [7, 11) is 0. The van der Waals surface area contributed by atoms with E-state index in [0.717, 1.165) is 0 Å². The van der Waals surface area contributed by atoms with Crippen molar-refractivity contribution in [1.82, 2.24) is 10.2 Å². The Bertz CT molecular complexity index is 712. The normalized spacial score (nSPS) is 10.2. The smallest absolute Gasteiger partial charge is 0.341 e. The summed E-state index contributed by atoms with van der Waals surface area (Å²) in [5.74, 6) is -1.09. The van der Waals surface area contributed by atoms with E-state index in [1.165, 1.54) is 24.3 Å². The molecule has 0 bridgehead atoms. The van der Waals surface area contributed by atoms with Gasteiger partial charge in [0.25, 0.3) is 11.6 Å². The van der Waals surface area contributed by atoms with E-state index in [2.05, 4.69) is 10.2 Å². The molecule has 0 saturated carbocycles. The zero-order valence-corrected chi connectivity index (χ0v) is 11.2. The fourth-order valence-corrected chi connectivity index (χ4v) is 1.66. The van der Waals surface area contributed by atoms with Gasteiger partial charge in [0.15, 0.2) is 0 Å². The number of benzene rings is 1. The first-order chi connectivity index (χ1) is 9.90. The van der Waals surface area contributed by atoms with Crippen LogP contribution in [0.4, 0.5) is 5.69 Å². The van der Waals surface area contributed by atoms with Gasteiger partial charge in [0, 0.05) is 12.1 Å². The second-order valence-corrected chi connectivity index (χ2v) is 4.25. The first kappa shape index (κ1) is 14.4. The Morgan fingerprint density at radius 2 is 1.86 bits per heavy atom. The van der Waals surface area contributed by atoms with Crippen molar-refractivity contribution in [2.24, 2.45) is 0 Å². The summed E-state index contributed by atoms with van der Waals surface area (Å²) in [6, 6.07) is 5.23. The van der Waals surface area contributed by atoms with Crippen LogP contribution in [-0.4, -0.2) is 26.2 Å². The van der Waals surface area contributed by atoms with E-state index >= 15 is 0 Å². The first-order valence-electron chi connectivity index (χ1n) is 5.89. The van der Waals surface area contributed by atoms with E-state index < -0.39 is 10.9 Å². The van der Waals surface area contributed by atoms with Gasteiger partial charge in [-0.25, -0.2) is 4.79 Å². The van der Waals surface area contributed by atoms with E-state index in [1.54, 1.807) is 13.8 Å². The van der Waals surface area contributed by atoms with Crippen molar-refractivity contribution in [3.63, 3.8) is 0 Å². The maximum absolute atomic E-state index is 11.3. The Balaban J connectivity index is 2.37. The molecule has 0 spiro atoms. The maximum Gasteiger partial charge on any atom is 0.341 e. The van der Waals surface area contributed by atoms with Crippen molar-refractivity contribution in [2.75, 3.05) is 0 Å². The SMILES string of the molecule is Cc1nnc(Oc2ccc([N+](=O)[O-])cc2)c(C(=O)O)c1C. The van der Waals surface area contributed by atoms with E-state index in [4.69, 9.17) is 4.74 Å². The summed E-state index contributed by atoms with van der Waals surface area (Å²) in [5.41, 5.74) is 0.769. The zero-order chi connectivity index (χ0) is 15.6. The van der Waals surface area contributed by atoms with Crippen molar-refractivity contribution in [3.8, 4) is 11.6 Å². The van der Waals surface area contributed by atoms with Crippen molar-refractivity contribution < 1.29 is 19.6 Å². The number of carboxylic acid groups (broad SMARTS) is 1. The monoisotopic (exact) mass is 289 g/mol. The number of carbonyl (C=O) groups is 1. The molecule has 0 amide bonds. The summed E-state index contributed by atoms with van der Waals surface area (Å²) in [6.45, 7) is 3.25. The lowest BCUT2D eigenvalue weighted by atomic mass is 10.1. The van der Waals surface area contributed by atoms with Crippen LogP contribution in [0.2, 0.25) is 0 Å². The molecule has 0 aliphatic carbocycles. The number of hydrogen-bond donors (Lipinski definition) is 1. The predicted octanol–water partition coefficient (Wildman–Crippen LogP) is 2.49. The largest absolute Gasteiger partial charge is 0.477 e. The molecule has 0 aliphatic heterocycles. The number of ether oxygens (including phenoxy) is 1. The van der Waals surface area contributed by atoms with Crippen LogP contribution in [0, 0.1) is 24.0 Å². The Morgan fingerprint density at radius 3 is 2.38 bits per heavy atom. The molecule has 0 atom stereocenters. The number of nitrogens with zero attached hydrogens (tertiary/aromatic N) is 3. The Labute approximate surface area is 119 Å². The van der Waals surface area contributed by atoms with Gasteiger partial charge in [0.05, 0.1) is 10.6 Å². The molecule has 2 rings (SSSR count). The summed E-state index contributed by atoms with van der Waals surface area (Å²) >= 11 is 0. The van der Waals surface area contributed by atoms with Gasteiger partial charge in [0.1, 0.15) is 11.3 Å². The van der Waals surface area contributed by atoms with Gasteiger partial charge in [-0.1, -0.05) is 0 Å². The van der Waals surface area contributed by atoms with E-state index in [0.29, 0.717) is 11.3 Å². The van der Waals surface area contributed by atoms with Crippen LogP contribution in [0.25, 0.3) is 0 Å². The van der Waals surface area contributed by atoms with Crippen LogP contribution in [0.5, 0.6) is 11.6 Å². The number of nitro benzene ring substituents is 1. The highest BCUT2D eigenvalue weighted by atomic mass is 16.6. The third-order valence-corrected chi connectivity index (χ3v) is 2.90. The quantitative estimate of drug-likeness (QED) is 0.678. The molecule has 0 aliphatic rings. The molecular formula is C13H11N3O5. The zero-order valence-electron chi connectivity index (χ0n) is 11.2. The Morgan fingerprint density at radius 1 is 1.24 bits per heavy atom. The Kier molecular flexibility index (Phi) is 3.79. The molecule has 0 unspecified atom stereocenters. The van der Waals surface area contributed by atoms with Crippen LogP contribution in [-0.2, 0) is 0 Å². The van der Waals surface area contributed by atoms with Gasteiger partial charge in [0.2, 0.25) is 0 Å². The van der Waals surface area contributed by atoms with Gasteiger partial charge in [-0.15, -0.1) is 5.10 Å². The van der Waals surface area contributed by atoms with E-state index in [1.807, 2.05) is 0 Å². The van der Waals surface area contributed by atoms with Crippen molar-refractivity contribution >= 4 is 11.7 Å². The summed E-state index contributed by atoms with van der Waals surface area (Å²) in [6.07, 6.45) is 0. The van der Waals surface area contributed by atoms with Gasteiger partial charge in [-0.2, -0.15) is 5.10 Å². The number of aromatic nitrogens is 2. The highest BCUT2D eigenvalue weighted by molar-refractivity contribution is 5.92. The number of nitro groups is 1. The minimum atomic E-state index is -1.18. The second kappa shape index (κ2) is 5.53. The lowest BCUT2D eigenvalue weighted by Gasteiger charge is -2.10. The molecule has 0 saturated heterocycles. The highest BCUT2D eigenvalue weighted by Crippen LogP contribution is 2.27. The molecule has 2 aromatic rings. The molecule has 1 heterocycles. The third kappa shape index (κ3) is 2.94. The number of rotatable bonds is 4. The molecule has 0 fully saturated rings. The molecule has 21 heavy (non-hydrogen) atoms. The van der Waals surface area contributed by atoms with Gasteiger partial charge in [-0.05, 0) is 31.5 Å². The maximum atomic E-state index is 11.3. The molecule has 1 aromatic carbocycles. The number of carboxylic acids is 1. The molecule has 1 N–H and O–H groups in total. The minimum absolute atomic E-state index is 0.0825. The molecular weight excluding hydrogens is 278 g/mol. The summed E-state index contributed by atoms with van der Waals surface area (Å²) in [4.78, 5) is 21.3. The lowest BCUT2D eigenvalue weighted by molar-refractivity contribution is -0.384. The number of aryl methyl sites for hydroxylation is 1. The molecule has 1 aromatic heterocycles. The minimum Gasteiger partial charge on any atom is -0.477 e. The average Bonchev–Trinajstić information content (AvgIpc) is 2.43. The number of aromatic carboxylic acids is 1. The summed E-state index contributed by atoms with van der Waals surface area (Å²) in [5, 5.41) is 27.3. The lowest BCUT2D eigenvalue weighted by Crippen LogP contribution is -2.08. The molecule has 0 radical (unpaired) electrons. The Hall–Kier alpha value is -3.03. The fourth-order valence-electron chi connectivity index (χ4n) is 1.66. The third-order valence-electron chi connectivity index (χ3n) is 2.90. The van der Waals surface area contributed by atoms with E-state index in [-0.39, 0.29) is 22.9 Å². The van der Waals surface area contributed by atoms with Crippen LogP contribution in [0.15, 0.2) is 24.3 Å². The van der Waals surface area contributed by atoms with Crippen molar-refractivity contribution in [1.29, 1.82) is 0 Å². The number of hydrogen-bond acceptors (Lipinski definition) is 6. The second-order valence-electron chi connectivity index (χ2n) is 4.25. The van der Waals surface area contributed by atoms with Gasteiger partial charge in [-0.3, -0.25) is 10.1 Å². The molecule has 8 nitrogen and oxygen atoms in total. The van der Waals surface area contributed by atoms with Crippen molar-refractivity contribution in [3.05, 3.63) is 51.2 Å². The average molecular weight is 289 g/mol. The number of non-ortho nitro benzene ring substituents is 1. The van der Waals surface area contributed by atoms with Crippen molar-refractivity contribution in [2.45, 2.75) is 13.8 Å². The standard InChI is InChI=1S/C13H11N3O5/c1-7-8(2)14-15-12(11(7)13(17)18)21-10-5-3-9(4-6-10)16(19)20/h3-6H,1-2H3,(H,17,18). The first-order valence-corrected chi connectivity index (χ1v) is 5.89. The van der Waals surface area contributed by atoms with Crippen LogP contribution >= 0.6 is 0 Å². The van der Waals surface area contributed by atoms with Gasteiger partial charge >= 0.3 is 5.97 Å². The van der Waals surface area contributed by atoms with E-state index in [9.17, 15) is 20.0 Å². The molecule has 8 heteroatoms. The molecule has 108 valence electrons. The fraction of sp³-hybridized carbons (Fsp3) is 0.154. The van der Waals surface area contributed by atoms with Gasteiger partial charge < -0.3 is 9.84 Å². The topological polar surface area (TPSA) is 115 Å².